The highest BCUT2D eigenvalue weighted by atomic mass is 32.2. The number of unbranched alkanes of at least 4 members (excludes halogenated alkanes) is 2. The minimum absolute atomic E-state index is 0.00449. The van der Waals surface area contributed by atoms with Gasteiger partial charge in [0.1, 0.15) is 23.4 Å². The number of para-hydroxylation sites is 1. The van der Waals surface area contributed by atoms with Gasteiger partial charge in [-0.05, 0) is 67.1 Å². The van der Waals surface area contributed by atoms with Crippen LogP contribution < -0.4 is 25.0 Å². The molecule has 0 fully saturated rings. The zero-order valence-corrected chi connectivity index (χ0v) is 31.3. The Balaban J connectivity index is 1.63. The van der Waals surface area contributed by atoms with Gasteiger partial charge in [0.25, 0.3) is 11.8 Å². The largest absolute Gasteiger partial charge is 0.483 e. The fourth-order valence-electron chi connectivity index (χ4n) is 5.70. The molecule has 1 aliphatic rings. The molecule has 0 spiro atoms. The SMILES string of the molecule is CCCCC1(CCCC)NSc2cc(OCC(=O)N[C@@H](C(=O)N[C@@H](CSC)C(=O)O)c3ccccc3)c(SC)cc2N(c2ccccc2)C1=O. The van der Waals surface area contributed by atoms with E-state index < -0.39 is 42.0 Å². The van der Waals surface area contributed by atoms with Crippen LogP contribution in [0.5, 0.6) is 5.75 Å². The summed E-state index contributed by atoms with van der Waals surface area (Å²) in [6.45, 7) is 3.86. The number of fused-ring (bicyclic) bond motifs is 1. The van der Waals surface area contributed by atoms with E-state index in [4.69, 9.17) is 4.74 Å². The number of rotatable bonds is 18. The van der Waals surface area contributed by atoms with Crippen molar-refractivity contribution in [2.24, 2.45) is 0 Å². The van der Waals surface area contributed by atoms with Gasteiger partial charge in [-0.15, -0.1) is 11.8 Å². The molecule has 10 nitrogen and oxygen atoms in total. The Morgan fingerprint density at radius 2 is 1.60 bits per heavy atom. The van der Waals surface area contributed by atoms with Crippen molar-refractivity contribution in [3.05, 3.63) is 78.4 Å². The van der Waals surface area contributed by atoms with Gasteiger partial charge in [0.2, 0.25) is 5.91 Å². The molecule has 0 saturated heterocycles. The van der Waals surface area contributed by atoms with Crippen LogP contribution in [0, 0.1) is 0 Å². The molecule has 3 aromatic carbocycles. The molecular weight excluding hydrogens is 693 g/mol. The van der Waals surface area contributed by atoms with Gasteiger partial charge >= 0.3 is 5.97 Å². The maximum absolute atomic E-state index is 14.6. The Hall–Kier alpha value is -3.65. The number of anilines is 2. The van der Waals surface area contributed by atoms with Crippen molar-refractivity contribution in [2.75, 3.05) is 29.8 Å². The molecule has 0 radical (unpaired) electrons. The molecule has 50 heavy (non-hydrogen) atoms. The summed E-state index contributed by atoms with van der Waals surface area (Å²) in [6.07, 6.45) is 8.79. The van der Waals surface area contributed by atoms with E-state index in [2.05, 4.69) is 29.2 Å². The van der Waals surface area contributed by atoms with Crippen molar-refractivity contribution in [3.63, 3.8) is 0 Å². The maximum Gasteiger partial charge on any atom is 0.327 e. The molecule has 0 unspecified atom stereocenters. The number of carbonyl (C=O) groups excluding carboxylic acids is 3. The number of carboxylic acids is 1. The van der Waals surface area contributed by atoms with Gasteiger partial charge in [0.05, 0.1) is 15.5 Å². The summed E-state index contributed by atoms with van der Waals surface area (Å²) in [7, 11) is 0. The van der Waals surface area contributed by atoms with Crippen LogP contribution >= 0.6 is 35.5 Å². The second-order valence-corrected chi connectivity index (χ2v) is 14.6. The number of benzene rings is 3. The van der Waals surface area contributed by atoms with Gasteiger partial charge in [-0.3, -0.25) is 19.3 Å². The van der Waals surface area contributed by atoms with Crippen molar-refractivity contribution < 1.29 is 29.0 Å². The molecule has 4 rings (SSSR count). The minimum Gasteiger partial charge on any atom is -0.483 e. The van der Waals surface area contributed by atoms with Crippen molar-refractivity contribution in [2.45, 2.75) is 79.8 Å². The normalized spacial score (nSPS) is 15.0. The monoisotopic (exact) mass is 738 g/mol. The third kappa shape index (κ3) is 9.77. The highest BCUT2D eigenvalue weighted by Gasteiger charge is 2.44. The summed E-state index contributed by atoms with van der Waals surface area (Å²) < 4.78 is 9.70. The number of hydrogen-bond acceptors (Lipinski definition) is 9. The Labute approximate surface area is 307 Å². The number of carbonyl (C=O) groups is 4. The summed E-state index contributed by atoms with van der Waals surface area (Å²) in [4.78, 5) is 56.4. The molecule has 3 amide bonds. The molecule has 0 aliphatic carbocycles. The standard InChI is InChI=1S/C37H46N4O6S3/c1-5-7-19-37(20-8-6-2)36(46)41(26-17-13-10-14-18-26)28-21-31(49-4)29(22-30(28)50-40-37)47-23-32(42)39-33(25-15-11-9-12-16-25)34(43)38-27(24-48-3)35(44)45/h9-18,21-22,27,33,40H,5-8,19-20,23-24H2,1-4H3,(H,38,43)(H,39,42)(H,44,45)/t27-,33+/m0/s1. The Bertz CT molecular complexity index is 1600. The van der Waals surface area contributed by atoms with Crippen molar-refractivity contribution in [1.82, 2.24) is 15.4 Å². The zero-order chi connectivity index (χ0) is 36.1. The van der Waals surface area contributed by atoms with E-state index in [1.54, 1.807) is 36.6 Å². The molecule has 4 N–H and O–H groups in total. The number of aliphatic carboxylic acids is 1. The van der Waals surface area contributed by atoms with Crippen LogP contribution in [0.25, 0.3) is 0 Å². The summed E-state index contributed by atoms with van der Waals surface area (Å²) in [6, 6.07) is 19.8. The van der Waals surface area contributed by atoms with Gasteiger partial charge < -0.3 is 20.5 Å². The van der Waals surface area contributed by atoms with E-state index in [1.165, 1.54) is 35.5 Å². The molecule has 13 heteroatoms. The Morgan fingerprint density at radius 3 is 2.18 bits per heavy atom. The predicted octanol–water partition coefficient (Wildman–Crippen LogP) is 6.97. The predicted molar refractivity (Wildman–Crippen MR) is 203 cm³/mol. The highest BCUT2D eigenvalue weighted by Crippen LogP contribution is 2.46. The number of thioether (sulfide) groups is 2. The first kappa shape index (κ1) is 39.1. The fraction of sp³-hybridized carbons (Fsp3) is 0.405. The van der Waals surface area contributed by atoms with Gasteiger partial charge in [-0.25, -0.2) is 9.52 Å². The summed E-state index contributed by atoms with van der Waals surface area (Å²) in [5, 5.41) is 14.9. The quantitative estimate of drug-likeness (QED) is 0.0800. The number of carboxylic acid groups (broad SMARTS) is 1. The van der Waals surface area contributed by atoms with E-state index in [0.29, 0.717) is 24.2 Å². The van der Waals surface area contributed by atoms with Crippen LogP contribution in [-0.2, 0) is 19.2 Å². The third-order valence-corrected chi connectivity index (χ3v) is 10.9. The second kappa shape index (κ2) is 19.1. The maximum atomic E-state index is 14.6. The lowest BCUT2D eigenvalue weighted by molar-refractivity contribution is -0.141. The third-order valence-electron chi connectivity index (χ3n) is 8.39. The average molecular weight is 739 g/mol. The average Bonchev–Trinajstić information content (AvgIpc) is 3.24. The highest BCUT2D eigenvalue weighted by molar-refractivity contribution is 7.99. The van der Waals surface area contributed by atoms with Gasteiger partial charge in [0.15, 0.2) is 6.61 Å². The number of hydrogen-bond donors (Lipinski definition) is 4. The lowest BCUT2D eigenvalue weighted by Gasteiger charge is -2.35. The smallest absolute Gasteiger partial charge is 0.327 e. The van der Waals surface area contributed by atoms with Crippen LogP contribution in [0.3, 0.4) is 0 Å². The molecule has 1 heterocycles. The fourth-order valence-corrected chi connectivity index (χ4v) is 7.82. The van der Waals surface area contributed by atoms with Crippen LogP contribution in [-0.4, -0.2) is 65.2 Å². The van der Waals surface area contributed by atoms with Crippen molar-refractivity contribution in [3.8, 4) is 5.75 Å². The van der Waals surface area contributed by atoms with Crippen molar-refractivity contribution in [1.29, 1.82) is 0 Å². The first-order valence-electron chi connectivity index (χ1n) is 16.7. The van der Waals surface area contributed by atoms with Gasteiger partial charge in [-0.1, -0.05) is 88.1 Å². The molecule has 3 aromatic rings. The summed E-state index contributed by atoms with van der Waals surface area (Å²) in [5.41, 5.74) is 1.24. The Morgan fingerprint density at radius 1 is 0.960 bits per heavy atom. The van der Waals surface area contributed by atoms with Crippen molar-refractivity contribution >= 4 is 70.5 Å². The first-order chi connectivity index (χ1) is 24.2. The number of nitrogens with one attached hydrogen (secondary N) is 3. The topological polar surface area (TPSA) is 137 Å². The summed E-state index contributed by atoms with van der Waals surface area (Å²) in [5.74, 6) is -1.71. The summed E-state index contributed by atoms with van der Waals surface area (Å²) >= 11 is 4.14. The number of ether oxygens (including phenoxy) is 1. The van der Waals surface area contributed by atoms with E-state index in [0.717, 1.165) is 46.8 Å². The van der Waals surface area contributed by atoms with E-state index in [9.17, 15) is 24.3 Å². The van der Waals surface area contributed by atoms with E-state index in [-0.39, 0.29) is 11.7 Å². The number of amides is 3. The van der Waals surface area contributed by atoms with E-state index >= 15 is 0 Å². The lowest BCUT2D eigenvalue weighted by atomic mass is 9.86. The molecule has 0 aromatic heterocycles. The first-order valence-corrected chi connectivity index (χ1v) is 20.2. The molecule has 1 aliphatic heterocycles. The second-order valence-electron chi connectivity index (χ2n) is 12.0. The molecule has 0 bridgehead atoms. The minimum atomic E-state index is -1.16. The lowest BCUT2D eigenvalue weighted by Crippen LogP contribution is -2.54. The molecule has 2 atom stereocenters. The molecular formula is C37H46N4O6S3. The van der Waals surface area contributed by atoms with Gasteiger partial charge in [-0.2, -0.15) is 11.8 Å². The molecule has 0 saturated carbocycles. The Kier molecular flexibility index (Phi) is 14.9. The van der Waals surface area contributed by atoms with Crippen LogP contribution in [0.4, 0.5) is 11.4 Å². The van der Waals surface area contributed by atoms with Gasteiger partial charge in [0, 0.05) is 11.4 Å². The van der Waals surface area contributed by atoms with E-state index in [1.807, 2.05) is 53.6 Å². The van der Waals surface area contributed by atoms with Crippen LogP contribution in [0.2, 0.25) is 0 Å². The zero-order valence-electron chi connectivity index (χ0n) is 28.9. The van der Waals surface area contributed by atoms with Crippen LogP contribution in [0.1, 0.15) is 64.0 Å². The number of nitrogens with zero attached hydrogens (tertiary/aromatic N) is 1. The van der Waals surface area contributed by atoms with Crippen LogP contribution in [0.15, 0.2) is 82.6 Å². The molecule has 268 valence electrons.